The molecular weight excluding hydrogens is 331 g/mol. The molecule has 1 saturated heterocycles. The van der Waals surface area contributed by atoms with E-state index in [2.05, 4.69) is 6.08 Å². The van der Waals surface area contributed by atoms with Crippen LogP contribution in [0.2, 0.25) is 10.0 Å². The van der Waals surface area contributed by atoms with Crippen molar-refractivity contribution in [3.63, 3.8) is 0 Å². The highest BCUT2D eigenvalue weighted by atomic mass is 35.5. The quantitative estimate of drug-likeness (QED) is 0.643. The third-order valence-electron chi connectivity index (χ3n) is 3.82. The lowest BCUT2D eigenvalue weighted by molar-refractivity contribution is -0.197. The Bertz CT molecular complexity index is 687. The van der Waals surface area contributed by atoms with Crippen molar-refractivity contribution in [2.45, 2.75) is 13.2 Å². The van der Waals surface area contributed by atoms with Crippen molar-refractivity contribution < 1.29 is 9.47 Å². The molecule has 0 bridgehead atoms. The summed E-state index contributed by atoms with van der Waals surface area (Å²) < 4.78 is 11.6. The molecule has 0 aromatic heterocycles. The molecule has 0 unspecified atom stereocenters. The summed E-state index contributed by atoms with van der Waals surface area (Å²) in [5, 5.41) is 1.12. The monoisotopic (exact) mass is 348 g/mol. The van der Waals surface area contributed by atoms with Crippen molar-refractivity contribution in [2.24, 2.45) is 5.92 Å². The SMILES string of the molecule is C/C=C/C1COC(c2ccc(-c3ccc(Cl)c(Cl)c3)cc2)OC1. The zero-order valence-corrected chi connectivity index (χ0v) is 14.3. The van der Waals surface area contributed by atoms with Gasteiger partial charge in [0.05, 0.1) is 23.3 Å². The summed E-state index contributed by atoms with van der Waals surface area (Å²) in [4.78, 5) is 0. The lowest BCUT2D eigenvalue weighted by Gasteiger charge is -2.28. The Morgan fingerprint density at radius 2 is 1.57 bits per heavy atom. The summed E-state index contributed by atoms with van der Waals surface area (Å²) in [5.41, 5.74) is 3.13. The van der Waals surface area contributed by atoms with Gasteiger partial charge >= 0.3 is 0 Å². The van der Waals surface area contributed by atoms with E-state index in [-0.39, 0.29) is 6.29 Å². The van der Waals surface area contributed by atoms with Gasteiger partial charge in [-0.2, -0.15) is 0 Å². The summed E-state index contributed by atoms with van der Waals surface area (Å²) in [6, 6.07) is 13.8. The van der Waals surface area contributed by atoms with Crippen LogP contribution in [0, 0.1) is 5.92 Å². The first kappa shape index (κ1) is 16.5. The van der Waals surface area contributed by atoms with Gasteiger partial charge in [0.15, 0.2) is 6.29 Å². The van der Waals surface area contributed by atoms with Crippen LogP contribution in [0.5, 0.6) is 0 Å². The number of halogens is 2. The third-order valence-corrected chi connectivity index (χ3v) is 4.56. The molecule has 23 heavy (non-hydrogen) atoms. The van der Waals surface area contributed by atoms with Crippen molar-refractivity contribution in [3.05, 3.63) is 70.2 Å². The maximum Gasteiger partial charge on any atom is 0.183 e. The first-order chi connectivity index (χ1) is 11.2. The van der Waals surface area contributed by atoms with Gasteiger partial charge in [0.1, 0.15) is 0 Å². The van der Waals surface area contributed by atoms with Gasteiger partial charge in [0.2, 0.25) is 0 Å². The molecule has 2 nitrogen and oxygen atoms in total. The highest BCUT2D eigenvalue weighted by molar-refractivity contribution is 6.42. The van der Waals surface area contributed by atoms with E-state index in [0.717, 1.165) is 16.7 Å². The molecule has 1 fully saturated rings. The lowest BCUT2D eigenvalue weighted by Crippen LogP contribution is -2.25. The molecule has 0 saturated carbocycles. The van der Waals surface area contributed by atoms with Crippen molar-refractivity contribution in [1.29, 1.82) is 0 Å². The van der Waals surface area contributed by atoms with Gasteiger partial charge in [-0.15, -0.1) is 0 Å². The molecule has 0 radical (unpaired) electrons. The second kappa shape index (κ2) is 7.50. The van der Waals surface area contributed by atoms with Gasteiger partial charge in [0.25, 0.3) is 0 Å². The fourth-order valence-corrected chi connectivity index (χ4v) is 2.90. The van der Waals surface area contributed by atoms with E-state index in [1.165, 1.54) is 0 Å². The molecule has 0 N–H and O–H groups in total. The number of allylic oxidation sites excluding steroid dienone is 1. The van der Waals surface area contributed by atoms with Crippen molar-refractivity contribution >= 4 is 23.2 Å². The van der Waals surface area contributed by atoms with E-state index < -0.39 is 0 Å². The standard InChI is InChI=1S/C19H18Cl2O2/c1-2-3-13-11-22-19(23-12-13)15-6-4-14(5-7-15)16-8-9-17(20)18(21)10-16/h2-10,13,19H,11-12H2,1H3/b3-2+. The molecule has 1 heterocycles. The van der Waals surface area contributed by atoms with Crippen LogP contribution < -0.4 is 0 Å². The van der Waals surface area contributed by atoms with Crippen LogP contribution in [0.4, 0.5) is 0 Å². The fraction of sp³-hybridized carbons (Fsp3) is 0.263. The normalized spacial score (nSPS) is 21.7. The molecule has 3 rings (SSSR count). The number of ether oxygens (including phenoxy) is 2. The van der Waals surface area contributed by atoms with E-state index in [9.17, 15) is 0 Å². The summed E-state index contributed by atoms with van der Waals surface area (Å²) in [6.45, 7) is 3.38. The minimum absolute atomic E-state index is 0.292. The van der Waals surface area contributed by atoms with Gasteiger partial charge in [-0.3, -0.25) is 0 Å². The first-order valence-electron chi connectivity index (χ1n) is 7.59. The lowest BCUT2D eigenvalue weighted by atomic mass is 10.0. The molecular formula is C19H18Cl2O2. The summed E-state index contributed by atoms with van der Waals surface area (Å²) in [7, 11) is 0. The van der Waals surface area contributed by atoms with Gasteiger partial charge in [-0.05, 0) is 30.2 Å². The number of hydrogen-bond acceptors (Lipinski definition) is 2. The Labute approximate surface area is 146 Å². The molecule has 0 amide bonds. The number of rotatable bonds is 3. The van der Waals surface area contributed by atoms with Crippen molar-refractivity contribution in [3.8, 4) is 11.1 Å². The van der Waals surface area contributed by atoms with E-state index in [1.807, 2.05) is 55.5 Å². The van der Waals surface area contributed by atoms with Gasteiger partial charge in [-0.1, -0.05) is 65.7 Å². The highest BCUT2D eigenvalue weighted by Gasteiger charge is 2.21. The molecule has 1 aliphatic rings. The molecule has 0 aliphatic carbocycles. The molecule has 0 spiro atoms. The zero-order chi connectivity index (χ0) is 16.2. The summed E-state index contributed by atoms with van der Waals surface area (Å²) >= 11 is 12.0. The Hall–Kier alpha value is -1.32. The second-order valence-corrected chi connectivity index (χ2v) is 6.35. The maximum atomic E-state index is 6.08. The van der Waals surface area contributed by atoms with E-state index in [4.69, 9.17) is 32.7 Å². The van der Waals surface area contributed by atoms with Crippen LogP contribution in [0.25, 0.3) is 11.1 Å². The minimum Gasteiger partial charge on any atom is -0.348 e. The Morgan fingerprint density at radius 3 is 2.17 bits per heavy atom. The van der Waals surface area contributed by atoms with Crippen molar-refractivity contribution in [1.82, 2.24) is 0 Å². The second-order valence-electron chi connectivity index (χ2n) is 5.54. The maximum absolute atomic E-state index is 6.08. The molecule has 120 valence electrons. The Balaban J connectivity index is 1.71. The minimum atomic E-state index is -0.292. The van der Waals surface area contributed by atoms with Crippen LogP contribution in [-0.4, -0.2) is 13.2 Å². The van der Waals surface area contributed by atoms with Crippen LogP contribution in [0.1, 0.15) is 18.8 Å². The molecule has 0 atom stereocenters. The van der Waals surface area contributed by atoms with Crippen LogP contribution in [0.15, 0.2) is 54.6 Å². The van der Waals surface area contributed by atoms with Gasteiger partial charge in [0, 0.05) is 11.5 Å². The Kier molecular flexibility index (Phi) is 5.39. The summed E-state index contributed by atoms with van der Waals surface area (Å²) in [5.74, 6) is 0.340. The van der Waals surface area contributed by atoms with E-state index in [1.54, 1.807) is 0 Å². The van der Waals surface area contributed by atoms with Gasteiger partial charge in [-0.25, -0.2) is 0 Å². The average Bonchev–Trinajstić information content (AvgIpc) is 2.59. The summed E-state index contributed by atoms with van der Waals surface area (Å²) in [6.07, 6.45) is 3.85. The predicted octanol–water partition coefficient (Wildman–Crippen LogP) is 5.90. The number of hydrogen-bond donors (Lipinski definition) is 0. The molecule has 4 heteroatoms. The average molecular weight is 349 g/mol. The topological polar surface area (TPSA) is 18.5 Å². The van der Waals surface area contributed by atoms with E-state index in [0.29, 0.717) is 29.2 Å². The predicted molar refractivity (Wildman–Crippen MR) is 94.8 cm³/mol. The first-order valence-corrected chi connectivity index (χ1v) is 8.34. The molecule has 2 aromatic rings. The zero-order valence-electron chi connectivity index (χ0n) is 12.8. The smallest absolute Gasteiger partial charge is 0.183 e. The van der Waals surface area contributed by atoms with Crippen LogP contribution >= 0.6 is 23.2 Å². The van der Waals surface area contributed by atoms with Gasteiger partial charge < -0.3 is 9.47 Å². The van der Waals surface area contributed by atoms with Crippen LogP contribution in [0.3, 0.4) is 0 Å². The molecule has 2 aromatic carbocycles. The van der Waals surface area contributed by atoms with E-state index >= 15 is 0 Å². The number of benzene rings is 2. The highest BCUT2D eigenvalue weighted by Crippen LogP contribution is 2.31. The van der Waals surface area contributed by atoms with Crippen molar-refractivity contribution in [2.75, 3.05) is 13.2 Å². The Morgan fingerprint density at radius 1 is 0.913 bits per heavy atom. The fourth-order valence-electron chi connectivity index (χ4n) is 2.60. The largest absolute Gasteiger partial charge is 0.348 e. The third kappa shape index (κ3) is 3.96. The van der Waals surface area contributed by atoms with Crippen LogP contribution in [-0.2, 0) is 9.47 Å². The molecule has 1 aliphatic heterocycles.